The summed E-state index contributed by atoms with van der Waals surface area (Å²) in [5.41, 5.74) is 1.77. The molecule has 8 heteroatoms. The van der Waals surface area contributed by atoms with Crippen LogP contribution in [0.3, 0.4) is 0 Å². The Morgan fingerprint density at radius 3 is 2.67 bits per heavy atom. The lowest BCUT2D eigenvalue weighted by Crippen LogP contribution is -2.46. The number of pyridine rings is 1. The Balaban J connectivity index is 1.54. The van der Waals surface area contributed by atoms with Gasteiger partial charge in [0, 0.05) is 18.4 Å². The maximum absolute atomic E-state index is 12.7. The van der Waals surface area contributed by atoms with Crippen molar-refractivity contribution in [3.8, 4) is 0 Å². The zero-order valence-corrected chi connectivity index (χ0v) is 15.8. The Kier molecular flexibility index (Phi) is 4.58. The Morgan fingerprint density at radius 2 is 2.00 bits per heavy atom. The number of halogens is 2. The number of benzene rings is 1. The number of aromatic nitrogens is 1. The van der Waals surface area contributed by atoms with Crippen LogP contribution < -0.4 is 5.32 Å². The predicted molar refractivity (Wildman–Crippen MR) is 102 cm³/mol. The predicted octanol–water partition coefficient (Wildman–Crippen LogP) is 3.57. The van der Waals surface area contributed by atoms with Crippen molar-refractivity contribution in [2.24, 2.45) is 0 Å². The Morgan fingerprint density at radius 1 is 1.26 bits per heavy atom. The third-order valence-corrected chi connectivity index (χ3v) is 5.97. The topological polar surface area (TPSA) is 82.5 Å². The molecule has 0 bridgehead atoms. The lowest BCUT2D eigenvalue weighted by molar-refractivity contribution is -0.122. The number of anilines is 1. The van der Waals surface area contributed by atoms with Gasteiger partial charge in [-0.3, -0.25) is 14.7 Å². The summed E-state index contributed by atoms with van der Waals surface area (Å²) >= 11 is 12.1. The largest absolute Gasteiger partial charge is 0.478 e. The van der Waals surface area contributed by atoms with E-state index in [1.807, 2.05) is 0 Å². The van der Waals surface area contributed by atoms with Gasteiger partial charge in [-0.15, -0.1) is 0 Å². The number of amides is 1. The third-order valence-electron chi connectivity index (χ3n) is 5.43. The number of nitrogens with zero attached hydrogens (tertiary/aromatic N) is 2. The van der Waals surface area contributed by atoms with Crippen LogP contribution in [-0.2, 0) is 16.8 Å². The van der Waals surface area contributed by atoms with Gasteiger partial charge >= 0.3 is 5.97 Å². The summed E-state index contributed by atoms with van der Waals surface area (Å²) in [6.07, 6.45) is 2.79. The quantitative estimate of drug-likeness (QED) is 0.815. The number of carbonyl (C=O) groups excluding carboxylic acids is 1. The number of likely N-dealkylation sites (tertiary alicyclic amines) is 1. The monoisotopic (exact) mass is 405 g/mol. The van der Waals surface area contributed by atoms with Crippen molar-refractivity contribution in [1.82, 2.24) is 9.88 Å². The van der Waals surface area contributed by atoms with Gasteiger partial charge in [0.1, 0.15) is 0 Å². The molecule has 1 saturated heterocycles. The van der Waals surface area contributed by atoms with E-state index in [4.69, 9.17) is 23.2 Å². The van der Waals surface area contributed by atoms with E-state index in [0.717, 1.165) is 11.3 Å². The average Bonchev–Trinajstić information content (AvgIpc) is 2.90. The van der Waals surface area contributed by atoms with Crippen molar-refractivity contribution in [3.63, 3.8) is 0 Å². The minimum Gasteiger partial charge on any atom is -0.478 e. The van der Waals surface area contributed by atoms with Crippen molar-refractivity contribution in [1.29, 1.82) is 0 Å². The molecule has 1 spiro atoms. The van der Waals surface area contributed by atoms with Crippen LogP contribution in [0.15, 0.2) is 30.5 Å². The number of aromatic carboxylic acids is 1. The number of fused-ring (bicyclic) bond motifs is 2. The van der Waals surface area contributed by atoms with Crippen molar-refractivity contribution < 1.29 is 14.7 Å². The van der Waals surface area contributed by atoms with Crippen molar-refractivity contribution in [3.05, 3.63) is 57.3 Å². The summed E-state index contributed by atoms with van der Waals surface area (Å²) in [6, 6.07) is 6.49. The van der Waals surface area contributed by atoms with Gasteiger partial charge in [-0.25, -0.2) is 4.79 Å². The minimum atomic E-state index is -0.992. The van der Waals surface area contributed by atoms with Crippen molar-refractivity contribution in [2.75, 3.05) is 18.4 Å². The second-order valence-corrected chi connectivity index (χ2v) is 7.80. The lowest BCUT2D eigenvalue weighted by Gasteiger charge is -2.38. The highest BCUT2D eigenvalue weighted by Crippen LogP contribution is 2.45. The van der Waals surface area contributed by atoms with Crippen LogP contribution in [0.5, 0.6) is 0 Å². The molecule has 1 aromatic heterocycles. The molecule has 0 radical (unpaired) electrons. The summed E-state index contributed by atoms with van der Waals surface area (Å²) in [7, 11) is 0. The summed E-state index contributed by atoms with van der Waals surface area (Å²) in [6.45, 7) is 1.95. The number of rotatable bonds is 3. The first-order valence-electron chi connectivity index (χ1n) is 8.61. The number of carboxylic acids is 1. The zero-order valence-electron chi connectivity index (χ0n) is 14.3. The summed E-state index contributed by atoms with van der Waals surface area (Å²) in [5.74, 6) is -1.05. The van der Waals surface area contributed by atoms with Crippen LogP contribution in [0.1, 0.15) is 34.5 Å². The lowest BCUT2D eigenvalue weighted by atomic mass is 9.73. The molecule has 2 aliphatic rings. The fourth-order valence-corrected chi connectivity index (χ4v) is 4.35. The van der Waals surface area contributed by atoms with E-state index in [2.05, 4.69) is 15.2 Å². The molecule has 27 heavy (non-hydrogen) atoms. The zero-order chi connectivity index (χ0) is 19.2. The summed E-state index contributed by atoms with van der Waals surface area (Å²) in [4.78, 5) is 30.5. The molecule has 0 unspecified atom stereocenters. The maximum Gasteiger partial charge on any atom is 0.335 e. The van der Waals surface area contributed by atoms with E-state index < -0.39 is 11.4 Å². The van der Waals surface area contributed by atoms with Gasteiger partial charge in [-0.1, -0.05) is 23.2 Å². The molecule has 2 aromatic rings. The fraction of sp³-hybridized carbons (Fsp3) is 0.316. The number of carboxylic acid groups (broad SMARTS) is 1. The molecule has 0 saturated carbocycles. The van der Waals surface area contributed by atoms with Crippen molar-refractivity contribution in [2.45, 2.75) is 24.8 Å². The van der Waals surface area contributed by atoms with E-state index in [9.17, 15) is 14.7 Å². The highest BCUT2D eigenvalue weighted by molar-refractivity contribution is 6.34. The normalized spacial score (nSPS) is 18.4. The number of carbonyl (C=O) groups is 2. The first-order valence-corrected chi connectivity index (χ1v) is 9.36. The summed E-state index contributed by atoms with van der Waals surface area (Å²) < 4.78 is 0. The molecular formula is C19H17Cl2N3O3. The van der Waals surface area contributed by atoms with E-state index >= 15 is 0 Å². The van der Waals surface area contributed by atoms with E-state index in [-0.39, 0.29) is 11.5 Å². The molecule has 1 fully saturated rings. The van der Waals surface area contributed by atoms with Gasteiger partial charge in [0.05, 0.1) is 26.7 Å². The maximum atomic E-state index is 12.7. The fourth-order valence-electron chi connectivity index (χ4n) is 3.91. The standard InChI is InChI=1S/C19H17Cl2N3O3/c20-12-8-14(21)16(22-9-12)10-24-5-3-19(4-6-24)13-7-11(17(25)26)1-2-15(13)23-18(19)27/h1-2,7-9H,3-6,10H2,(H,23,27)(H,25,26). The van der Waals surface area contributed by atoms with Crippen LogP contribution in [0.25, 0.3) is 0 Å². The van der Waals surface area contributed by atoms with E-state index in [1.54, 1.807) is 24.4 Å². The molecule has 3 heterocycles. The van der Waals surface area contributed by atoms with Gasteiger partial charge in [0.2, 0.25) is 5.91 Å². The number of piperidine rings is 1. The van der Waals surface area contributed by atoms with Crippen LogP contribution >= 0.6 is 23.2 Å². The number of nitrogens with one attached hydrogen (secondary N) is 1. The number of hydrogen-bond donors (Lipinski definition) is 2. The SMILES string of the molecule is O=C(O)c1ccc2c(c1)C1(CCN(Cc3ncc(Cl)cc3Cl)CC1)C(=O)N2. The molecule has 6 nitrogen and oxygen atoms in total. The molecule has 1 aromatic carbocycles. The molecular weight excluding hydrogens is 389 g/mol. The third kappa shape index (κ3) is 3.18. The first kappa shape index (κ1) is 18.2. The van der Waals surface area contributed by atoms with Crippen LogP contribution in [0, 0.1) is 0 Å². The first-order chi connectivity index (χ1) is 12.9. The molecule has 140 valence electrons. The molecule has 2 aliphatic heterocycles. The molecule has 1 amide bonds. The van der Waals surface area contributed by atoms with Crippen LogP contribution in [-0.4, -0.2) is 40.0 Å². The van der Waals surface area contributed by atoms with Gasteiger partial charge in [-0.2, -0.15) is 0 Å². The Bertz CT molecular complexity index is 940. The second-order valence-electron chi connectivity index (χ2n) is 6.96. The smallest absolute Gasteiger partial charge is 0.335 e. The molecule has 4 rings (SSSR count). The second kappa shape index (κ2) is 6.78. The molecule has 2 N–H and O–H groups in total. The number of hydrogen-bond acceptors (Lipinski definition) is 4. The molecule has 0 aliphatic carbocycles. The van der Waals surface area contributed by atoms with Crippen LogP contribution in [0.2, 0.25) is 10.0 Å². The van der Waals surface area contributed by atoms with Gasteiger partial charge in [-0.05, 0) is 55.8 Å². The Hall–Kier alpha value is -2.15. The molecule has 0 atom stereocenters. The highest BCUT2D eigenvalue weighted by atomic mass is 35.5. The Labute approximate surface area is 166 Å². The van der Waals surface area contributed by atoms with Crippen LogP contribution in [0.4, 0.5) is 5.69 Å². The van der Waals surface area contributed by atoms with Crippen molar-refractivity contribution >= 4 is 40.8 Å². The highest BCUT2D eigenvalue weighted by Gasteiger charge is 2.48. The minimum absolute atomic E-state index is 0.0534. The van der Waals surface area contributed by atoms with Gasteiger partial charge in [0.25, 0.3) is 0 Å². The average molecular weight is 406 g/mol. The van der Waals surface area contributed by atoms with E-state index in [0.29, 0.717) is 48.2 Å². The van der Waals surface area contributed by atoms with Gasteiger partial charge in [0.15, 0.2) is 0 Å². The summed E-state index contributed by atoms with van der Waals surface area (Å²) in [5, 5.41) is 13.2. The van der Waals surface area contributed by atoms with E-state index in [1.165, 1.54) is 6.07 Å². The van der Waals surface area contributed by atoms with Gasteiger partial charge < -0.3 is 10.4 Å².